The molecule has 0 aromatic carbocycles. The van der Waals surface area contributed by atoms with E-state index in [1.165, 1.54) is 17.4 Å². The molecule has 1 aliphatic carbocycles. The molecule has 3 heterocycles. The van der Waals surface area contributed by atoms with Gasteiger partial charge in [0.25, 0.3) is 0 Å². The predicted octanol–water partition coefficient (Wildman–Crippen LogP) is 2.80. The van der Waals surface area contributed by atoms with E-state index in [9.17, 15) is 22.8 Å². The van der Waals surface area contributed by atoms with E-state index in [1.807, 2.05) is 4.90 Å². The summed E-state index contributed by atoms with van der Waals surface area (Å²) in [6.07, 6.45) is -1.61. The van der Waals surface area contributed by atoms with Gasteiger partial charge >= 0.3 is 6.18 Å². The summed E-state index contributed by atoms with van der Waals surface area (Å²) in [4.78, 5) is 36.1. The van der Waals surface area contributed by atoms with E-state index in [0.717, 1.165) is 25.1 Å². The number of amides is 2. The molecule has 2 aromatic rings. The molecule has 2 aliphatic rings. The number of carbonyl (C=O) groups excluding carboxylic acids is 2. The van der Waals surface area contributed by atoms with Gasteiger partial charge in [-0.15, -0.1) is 11.3 Å². The number of thiazole rings is 1. The van der Waals surface area contributed by atoms with Gasteiger partial charge in [0.2, 0.25) is 11.8 Å². The zero-order valence-corrected chi connectivity index (χ0v) is 16.8. The average molecular weight is 439 g/mol. The molecular formula is C19H20F3N5O2S. The van der Waals surface area contributed by atoms with Gasteiger partial charge in [-0.3, -0.25) is 9.59 Å². The Morgan fingerprint density at radius 2 is 1.90 bits per heavy atom. The molecule has 160 valence electrons. The Labute approximate surface area is 174 Å². The third-order valence-corrected chi connectivity index (χ3v) is 5.90. The lowest BCUT2D eigenvalue weighted by Gasteiger charge is -2.35. The highest BCUT2D eigenvalue weighted by molar-refractivity contribution is 7.13. The Kier molecular flexibility index (Phi) is 5.63. The third-order valence-electron chi connectivity index (χ3n) is 5.09. The Hall–Kier alpha value is -2.69. The molecule has 7 nitrogen and oxygen atoms in total. The molecule has 2 amide bonds. The number of rotatable bonds is 5. The molecule has 0 bridgehead atoms. The largest absolute Gasteiger partial charge is 0.417 e. The number of aromatic nitrogens is 2. The lowest BCUT2D eigenvalue weighted by Crippen LogP contribution is -2.49. The van der Waals surface area contributed by atoms with Crippen LogP contribution in [-0.2, 0) is 22.2 Å². The molecule has 0 unspecified atom stereocenters. The van der Waals surface area contributed by atoms with Crippen LogP contribution < -0.4 is 10.2 Å². The summed E-state index contributed by atoms with van der Waals surface area (Å²) in [6, 6.07) is 2.37. The Morgan fingerprint density at radius 1 is 1.17 bits per heavy atom. The van der Waals surface area contributed by atoms with Gasteiger partial charge in [0.05, 0.1) is 17.7 Å². The van der Waals surface area contributed by atoms with Crippen LogP contribution in [0.4, 0.5) is 24.1 Å². The van der Waals surface area contributed by atoms with Crippen molar-refractivity contribution in [3.05, 3.63) is 35.0 Å². The number of hydrogen-bond donors (Lipinski definition) is 1. The predicted molar refractivity (Wildman–Crippen MR) is 105 cm³/mol. The fourth-order valence-electron chi connectivity index (χ4n) is 3.19. The maximum Gasteiger partial charge on any atom is 0.417 e. The van der Waals surface area contributed by atoms with Crippen LogP contribution in [0.25, 0.3) is 0 Å². The molecule has 1 N–H and O–H groups in total. The SMILES string of the molecule is O=C(Nc1nc(CC(=O)N2CCN(c3ccc(C(F)(F)F)cn3)CC2)cs1)C1CC1. The number of nitrogens with one attached hydrogen (secondary N) is 1. The van der Waals surface area contributed by atoms with Crippen molar-refractivity contribution in [1.29, 1.82) is 0 Å². The van der Waals surface area contributed by atoms with Crippen LogP contribution in [0.3, 0.4) is 0 Å². The van der Waals surface area contributed by atoms with E-state index in [1.54, 1.807) is 10.3 Å². The van der Waals surface area contributed by atoms with Crippen molar-refractivity contribution in [3.63, 3.8) is 0 Å². The van der Waals surface area contributed by atoms with Gasteiger partial charge in [0, 0.05) is 43.7 Å². The van der Waals surface area contributed by atoms with Gasteiger partial charge < -0.3 is 15.1 Å². The van der Waals surface area contributed by atoms with E-state index in [4.69, 9.17) is 0 Å². The van der Waals surface area contributed by atoms with Gasteiger partial charge in [-0.25, -0.2) is 9.97 Å². The minimum Gasteiger partial charge on any atom is -0.353 e. The second-order valence-corrected chi connectivity index (χ2v) is 8.21. The van der Waals surface area contributed by atoms with Crippen LogP contribution in [0.5, 0.6) is 0 Å². The minimum atomic E-state index is -4.41. The zero-order chi connectivity index (χ0) is 21.3. The highest BCUT2D eigenvalue weighted by Crippen LogP contribution is 2.31. The number of piperazine rings is 1. The van der Waals surface area contributed by atoms with Crippen molar-refractivity contribution in [2.24, 2.45) is 5.92 Å². The smallest absolute Gasteiger partial charge is 0.353 e. The van der Waals surface area contributed by atoms with Gasteiger partial charge in [-0.05, 0) is 25.0 Å². The third kappa shape index (κ3) is 4.89. The van der Waals surface area contributed by atoms with Gasteiger partial charge in [-0.1, -0.05) is 0 Å². The normalized spacial score (nSPS) is 17.2. The summed E-state index contributed by atoms with van der Waals surface area (Å²) >= 11 is 1.30. The van der Waals surface area contributed by atoms with Crippen LogP contribution in [0, 0.1) is 5.92 Å². The van der Waals surface area contributed by atoms with E-state index in [2.05, 4.69) is 15.3 Å². The summed E-state index contributed by atoms with van der Waals surface area (Å²) in [5.74, 6) is 0.468. The summed E-state index contributed by atoms with van der Waals surface area (Å²) in [6.45, 7) is 1.89. The molecule has 2 fully saturated rings. The number of hydrogen-bond acceptors (Lipinski definition) is 6. The Bertz CT molecular complexity index is 919. The number of halogens is 3. The monoisotopic (exact) mass is 439 g/mol. The van der Waals surface area contributed by atoms with Crippen LogP contribution >= 0.6 is 11.3 Å². The molecule has 1 saturated carbocycles. The highest BCUT2D eigenvalue weighted by atomic mass is 32.1. The van der Waals surface area contributed by atoms with Crippen molar-refractivity contribution in [3.8, 4) is 0 Å². The minimum absolute atomic E-state index is 0.0183. The zero-order valence-electron chi connectivity index (χ0n) is 16.0. The van der Waals surface area contributed by atoms with E-state index < -0.39 is 11.7 Å². The maximum absolute atomic E-state index is 12.7. The summed E-state index contributed by atoms with van der Waals surface area (Å²) in [7, 11) is 0. The highest BCUT2D eigenvalue weighted by Gasteiger charge is 2.32. The van der Waals surface area contributed by atoms with Crippen molar-refractivity contribution in [2.75, 3.05) is 36.4 Å². The van der Waals surface area contributed by atoms with Crippen LogP contribution in [-0.4, -0.2) is 52.9 Å². The maximum atomic E-state index is 12.7. The summed E-state index contributed by atoms with van der Waals surface area (Å²) in [5.41, 5.74) is -0.168. The molecule has 0 spiro atoms. The quantitative estimate of drug-likeness (QED) is 0.775. The lowest BCUT2D eigenvalue weighted by atomic mass is 10.2. The average Bonchev–Trinajstić information content (AvgIpc) is 3.49. The standard InChI is InChI=1S/C19H20F3N5O2S/c20-19(21,22)13-3-4-15(23-10-13)26-5-7-27(8-6-26)16(28)9-14-11-30-18(24-14)25-17(29)12-1-2-12/h3-4,10-12H,1-2,5-9H2,(H,24,25,29). The molecule has 0 atom stereocenters. The van der Waals surface area contributed by atoms with Crippen LogP contribution in [0.2, 0.25) is 0 Å². The first-order valence-corrected chi connectivity index (χ1v) is 10.5. The topological polar surface area (TPSA) is 78.4 Å². The molecule has 2 aromatic heterocycles. The number of pyridine rings is 1. The molecule has 1 saturated heterocycles. The molecule has 4 rings (SSSR count). The van der Waals surface area contributed by atoms with E-state index >= 15 is 0 Å². The van der Waals surface area contributed by atoms with Crippen molar-refractivity contribution >= 4 is 34.1 Å². The van der Waals surface area contributed by atoms with Crippen LogP contribution in [0.15, 0.2) is 23.7 Å². The Balaban J connectivity index is 1.27. The van der Waals surface area contributed by atoms with Crippen molar-refractivity contribution in [2.45, 2.75) is 25.4 Å². The molecule has 11 heteroatoms. The molecule has 0 radical (unpaired) electrons. The number of carbonyl (C=O) groups is 2. The van der Waals surface area contributed by atoms with E-state index in [-0.39, 0.29) is 24.2 Å². The first kappa shape index (κ1) is 20.6. The fourth-order valence-corrected chi connectivity index (χ4v) is 3.90. The number of anilines is 2. The van der Waals surface area contributed by atoms with Gasteiger partial charge in [-0.2, -0.15) is 13.2 Å². The summed E-state index contributed by atoms with van der Waals surface area (Å²) < 4.78 is 38.0. The first-order valence-electron chi connectivity index (χ1n) is 9.61. The first-order chi connectivity index (χ1) is 14.3. The van der Waals surface area contributed by atoms with E-state index in [0.29, 0.717) is 42.8 Å². The Morgan fingerprint density at radius 3 is 2.50 bits per heavy atom. The van der Waals surface area contributed by atoms with Crippen LogP contribution in [0.1, 0.15) is 24.1 Å². The second-order valence-electron chi connectivity index (χ2n) is 7.35. The fraction of sp³-hybridized carbons (Fsp3) is 0.474. The second kappa shape index (κ2) is 8.21. The van der Waals surface area contributed by atoms with Crippen molar-refractivity contribution in [1.82, 2.24) is 14.9 Å². The summed E-state index contributed by atoms with van der Waals surface area (Å²) in [5, 5.41) is 5.05. The molecule has 30 heavy (non-hydrogen) atoms. The van der Waals surface area contributed by atoms with Gasteiger partial charge in [0.15, 0.2) is 5.13 Å². The number of alkyl halides is 3. The number of nitrogens with zero attached hydrogens (tertiary/aromatic N) is 4. The molecular weight excluding hydrogens is 419 g/mol. The van der Waals surface area contributed by atoms with Gasteiger partial charge in [0.1, 0.15) is 5.82 Å². The van der Waals surface area contributed by atoms with Crippen molar-refractivity contribution < 1.29 is 22.8 Å². The lowest BCUT2D eigenvalue weighted by molar-refractivity contribution is -0.138. The molecule has 1 aliphatic heterocycles.